The van der Waals surface area contributed by atoms with Crippen LogP contribution >= 0.6 is 0 Å². The molecule has 1 saturated heterocycles. The van der Waals surface area contributed by atoms with Gasteiger partial charge in [0.15, 0.2) is 0 Å². The van der Waals surface area contributed by atoms with Gasteiger partial charge in [0.2, 0.25) is 11.8 Å². The van der Waals surface area contributed by atoms with Crippen molar-refractivity contribution in [1.29, 1.82) is 0 Å². The molecule has 32 heavy (non-hydrogen) atoms. The Morgan fingerprint density at radius 1 is 1.09 bits per heavy atom. The van der Waals surface area contributed by atoms with Crippen LogP contribution in [0.4, 0.5) is 11.4 Å². The van der Waals surface area contributed by atoms with Gasteiger partial charge >= 0.3 is 0 Å². The Balaban J connectivity index is 1.34. The molecule has 1 atom stereocenters. The Morgan fingerprint density at radius 2 is 1.94 bits per heavy atom. The first-order chi connectivity index (χ1) is 15.5. The lowest BCUT2D eigenvalue weighted by Crippen LogP contribution is -2.40. The van der Waals surface area contributed by atoms with E-state index in [9.17, 15) is 19.2 Å². The molecule has 9 nitrogen and oxygen atoms in total. The lowest BCUT2D eigenvalue weighted by atomic mass is 10.1. The van der Waals surface area contributed by atoms with E-state index in [1.807, 2.05) is 0 Å². The third-order valence-corrected chi connectivity index (χ3v) is 6.43. The summed E-state index contributed by atoms with van der Waals surface area (Å²) in [6.45, 7) is 0.335. The zero-order valence-electron chi connectivity index (χ0n) is 17.7. The second kappa shape index (κ2) is 8.22. The van der Waals surface area contributed by atoms with Crippen molar-refractivity contribution in [3.05, 3.63) is 51.4 Å². The van der Waals surface area contributed by atoms with Gasteiger partial charge in [0.25, 0.3) is 11.5 Å². The molecule has 3 aliphatic rings. The summed E-state index contributed by atoms with van der Waals surface area (Å²) in [7, 11) is 0. The second-order valence-electron chi connectivity index (χ2n) is 8.63. The van der Waals surface area contributed by atoms with Crippen LogP contribution in [0.1, 0.15) is 53.7 Å². The van der Waals surface area contributed by atoms with Crippen molar-refractivity contribution < 1.29 is 14.4 Å². The van der Waals surface area contributed by atoms with Crippen LogP contribution in [-0.4, -0.2) is 45.0 Å². The highest BCUT2D eigenvalue weighted by atomic mass is 16.2. The van der Waals surface area contributed by atoms with Crippen molar-refractivity contribution in [2.75, 3.05) is 17.2 Å². The lowest BCUT2D eigenvalue weighted by Gasteiger charge is -2.20. The summed E-state index contributed by atoms with van der Waals surface area (Å²) in [5, 5.41) is 10.00. The van der Waals surface area contributed by atoms with Crippen molar-refractivity contribution in [2.45, 2.75) is 57.5 Å². The first-order valence-electron chi connectivity index (χ1n) is 11.2. The summed E-state index contributed by atoms with van der Waals surface area (Å²) in [6.07, 6.45) is 6.29. The number of carbonyl (C=O) groups is 3. The minimum absolute atomic E-state index is 0.181. The molecule has 1 aromatic carbocycles. The van der Waals surface area contributed by atoms with Crippen molar-refractivity contribution in [3.8, 4) is 0 Å². The Morgan fingerprint density at radius 3 is 2.81 bits per heavy atom. The Hall–Kier alpha value is -3.49. The molecular formula is C23H25N5O4. The van der Waals surface area contributed by atoms with Gasteiger partial charge in [0.05, 0.1) is 16.9 Å². The summed E-state index contributed by atoms with van der Waals surface area (Å²) in [4.78, 5) is 52.0. The van der Waals surface area contributed by atoms with Crippen molar-refractivity contribution >= 4 is 29.1 Å². The van der Waals surface area contributed by atoms with Crippen molar-refractivity contribution in [1.82, 2.24) is 14.7 Å². The number of nitrogens with one attached hydrogen (secondary N) is 2. The highest BCUT2D eigenvalue weighted by Crippen LogP contribution is 2.30. The zero-order chi connectivity index (χ0) is 22.2. The fourth-order valence-electron chi connectivity index (χ4n) is 4.79. The number of rotatable bonds is 3. The molecule has 0 spiro atoms. The van der Waals surface area contributed by atoms with E-state index in [2.05, 4.69) is 15.7 Å². The summed E-state index contributed by atoms with van der Waals surface area (Å²) in [6, 6.07) is 5.98. The molecule has 1 unspecified atom stereocenters. The summed E-state index contributed by atoms with van der Waals surface area (Å²) >= 11 is 0. The number of benzene rings is 1. The molecule has 2 aliphatic heterocycles. The minimum Gasteiger partial charge on any atom is -0.327 e. The second-order valence-corrected chi connectivity index (χ2v) is 8.63. The van der Waals surface area contributed by atoms with Crippen LogP contribution in [0.2, 0.25) is 0 Å². The number of aryl methyl sites for hydroxylation is 2. The summed E-state index contributed by atoms with van der Waals surface area (Å²) < 4.78 is 1.20. The summed E-state index contributed by atoms with van der Waals surface area (Å²) in [5.74, 6) is -0.807. The smallest absolute Gasteiger partial charge is 0.267 e. The topological polar surface area (TPSA) is 113 Å². The van der Waals surface area contributed by atoms with Gasteiger partial charge in [-0.2, -0.15) is 5.10 Å². The van der Waals surface area contributed by atoms with E-state index in [0.29, 0.717) is 29.9 Å². The highest BCUT2D eigenvalue weighted by molar-refractivity contribution is 6.11. The molecule has 1 aromatic heterocycles. The van der Waals surface area contributed by atoms with Crippen LogP contribution < -0.4 is 16.2 Å². The predicted molar refractivity (Wildman–Crippen MR) is 118 cm³/mol. The highest BCUT2D eigenvalue weighted by Gasteiger charge is 2.38. The Labute approximate surface area is 184 Å². The zero-order valence-corrected chi connectivity index (χ0v) is 17.7. The van der Waals surface area contributed by atoms with Crippen LogP contribution in [0.25, 0.3) is 0 Å². The maximum absolute atomic E-state index is 13.0. The van der Waals surface area contributed by atoms with Crippen LogP contribution in [0.15, 0.2) is 29.1 Å². The van der Waals surface area contributed by atoms with Gasteiger partial charge in [-0.1, -0.05) is 6.42 Å². The third kappa shape index (κ3) is 3.79. The Kier molecular flexibility index (Phi) is 5.24. The molecule has 1 fully saturated rings. The molecule has 2 aromatic rings. The van der Waals surface area contributed by atoms with E-state index in [1.54, 1.807) is 29.2 Å². The number of fused-ring (bicyclic) bond motifs is 3. The monoisotopic (exact) mass is 435 g/mol. The normalized spacial score (nSPS) is 19.9. The minimum atomic E-state index is -0.445. The quantitative estimate of drug-likeness (QED) is 0.713. The maximum Gasteiger partial charge on any atom is 0.267 e. The van der Waals surface area contributed by atoms with E-state index in [4.69, 9.17) is 0 Å². The van der Waals surface area contributed by atoms with E-state index >= 15 is 0 Å². The van der Waals surface area contributed by atoms with Crippen LogP contribution in [0.3, 0.4) is 0 Å². The lowest BCUT2D eigenvalue weighted by molar-refractivity contribution is -0.119. The van der Waals surface area contributed by atoms with Gasteiger partial charge in [0, 0.05) is 18.3 Å². The number of aromatic nitrogens is 2. The summed E-state index contributed by atoms with van der Waals surface area (Å²) in [5.41, 5.74) is 2.80. The predicted octanol–water partition coefficient (Wildman–Crippen LogP) is 1.71. The standard InChI is InChI=1S/C23H25N5O4/c29-20(13-28-21(30)11-14-5-2-1-3-6-17(14)26-28)24-15-8-9-18-16(12-15)23(32)27-10-4-7-19(27)22(31)25-18/h8-9,11-12,19H,1-7,10,13H2,(H,24,29)(H,25,31). The van der Waals surface area contributed by atoms with Crippen LogP contribution in [0.5, 0.6) is 0 Å². The maximum atomic E-state index is 13.0. The van der Waals surface area contributed by atoms with Gasteiger partial charge in [-0.05, 0) is 62.3 Å². The average molecular weight is 435 g/mol. The number of nitrogens with zero attached hydrogens (tertiary/aromatic N) is 3. The fourth-order valence-corrected chi connectivity index (χ4v) is 4.79. The number of hydrogen-bond donors (Lipinski definition) is 2. The molecule has 1 aliphatic carbocycles. The van der Waals surface area contributed by atoms with Crippen molar-refractivity contribution in [3.63, 3.8) is 0 Å². The largest absolute Gasteiger partial charge is 0.327 e. The number of amides is 3. The van der Waals surface area contributed by atoms with E-state index in [1.165, 1.54) is 4.68 Å². The van der Waals surface area contributed by atoms with E-state index in [-0.39, 0.29) is 23.9 Å². The number of hydrogen-bond acceptors (Lipinski definition) is 5. The van der Waals surface area contributed by atoms with Crippen LogP contribution in [0, 0.1) is 0 Å². The molecule has 166 valence electrons. The van der Waals surface area contributed by atoms with Gasteiger partial charge in [-0.3, -0.25) is 19.2 Å². The molecule has 0 radical (unpaired) electrons. The van der Waals surface area contributed by atoms with E-state index in [0.717, 1.165) is 49.8 Å². The SMILES string of the molecule is O=C(Cn1nc2c(cc1=O)CCCCC2)Nc1ccc2c(c1)C(=O)N1CCCC1C(=O)N2. The molecule has 2 N–H and O–H groups in total. The van der Waals surface area contributed by atoms with Gasteiger partial charge in [0.1, 0.15) is 12.6 Å². The van der Waals surface area contributed by atoms with Gasteiger partial charge in [-0.15, -0.1) is 0 Å². The molecule has 5 rings (SSSR count). The third-order valence-electron chi connectivity index (χ3n) is 6.43. The first kappa shape index (κ1) is 20.4. The van der Waals surface area contributed by atoms with Gasteiger partial charge < -0.3 is 15.5 Å². The Bertz CT molecular complexity index is 1170. The van der Waals surface area contributed by atoms with Crippen LogP contribution in [-0.2, 0) is 29.0 Å². The van der Waals surface area contributed by atoms with Gasteiger partial charge in [-0.25, -0.2) is 4.68 Å². The molecule has 0 bridgehead atoms. The van der Waals surface area contributed by atoms with Crippen molar-refractivity contribution in [2.24, 2.45) is 0 Å². The molecule has 9 heteroatoms. The first-order valence-corrected chi connectivity index (χ1v) is 11.2. The molecule has 0 saturated carbocycles. The molecular weight excluding hydrogens is 410 g/mol. The molecule has 3 amide bonds. The van der Waals surface area contributed by atoms with E-state index < -0.39 is 11.9 Å². The fraction of sp³-hybridized carbons (Fsp3) is 0.435. The number of carbonyl (C=O) groups excluding carboxylic acids is 3. The average Bonchev–Trinajstić information content (AvgIpc) is 3.12. The molecule has 3 heterocycles. The number of anilines is 2.